The zero-order chi connectivity index (χ0) is 20.8. The standard InChI is InChI=1S/C21H26FN3O5/c22-17-1-3-18(4-2-17)29-14-20(26)25-11-16(12-25)21-23-19(24-30-21)7-10-28-13-15-5-8-27-9-6-15/h1-4,15-16H,5-14H2. The molecule has 8 nitrogen and oxygen atoms in total. The highest BCUT2D eigenvalue weighted by Gasteiger charge is 2.35. The van der Waals surface area contributed by atoms with E-state index in [-0.39, 0.29) is 24.2 Å². The van der Waals surface area contributed by atoms with Crippen molar-refractivity contribution in [3.63, 3.8) is 0 Å². The van der Waals surface area contributed by atoms with Crippen LogP contribution in [0.2, 0.25) is 0 Å². The van der Waals surface area contributed by atoms with E-state index in [4.69, 9.17) is 18.7 Å². The van der Waals surface area contributed by atoms with E-state index in [1.54, 1.807) is 4.90 Å². The molecule has 0 saturated carbocycles. The van der Waals surface area contributed by atoms with E-state index in [1.807, 2.05) is 0 Å². The number of ether oxygens (including phenoxy) is 3. The van der Waals surface area contributed by atoms with Crippen molar-refractivity contribution in [3.05, 3.63) is 41.8 Å². The highest BCUT2D eigenvalue weighted by Crippen LogP contribution is 2.26. The predicted octanol–water partition coefficient (Wildman–Crippen LogP) is 2.20. The summed E-state index contributed by atoms with van der Waals surface area (Å²) in [6.07, 6.45) is 2.71. The molecule has 0 radical (unpaired) electrons. The fourth-order valence-electron chi connectivity index (χ4n) is 3.47. The average molecular weight is 419 g/mol. The average Bonchev–Trinajstić information content (AvgIpc) is 3.19. The first kappa shape index (κ1) is 20.7. The predicted molar refractivity (Wildman–Crippen MR) is 104 cm³/mol. The highest BCUT2D eigenvalue weighted by molar-refractivity contribution is 5.78. The second kappa shape index (κ2) is 9.99. The van der Waals surface area contributed by atoms with Crippen LogP contribution in [-0.2, 0) is 20.7 Å². The van der Waals surface area contributed by atoms with Crippen molar-refractivity contribution >= 4 is 5.91 Å². The third kappa shape index (κ3) is 5.54. The minimum atomic E-state index is -0.343. The monoisotopic (exact) mass is 419 g/mol. The van der Waals surface area contributed by atoms with Gasteiger partial charge in [-0.25, -0.2) is 4.39 Å². The molecule has 2 aromatic rings. The fraction of sp³-hybridized carbons (Fsp3) is 0.571. The molecular weight excluding hydrogens is 393 g/mol. The molecule has 2 fully saturated rings. The summed E-state index contributed by atoms with van der Waals surface area (Å²) in [7, 11) is 0. The first-order valence-corrected chi connectivity index (χ1v) is 10.3. The number of nitrogens with zero attached hydrogens (tertiary/aromatic N) is 3. The Kier molecular flexibility index (Phi) is 6.91. The van der Waals surface area contributed by atoms with Crippen LogP contribution < -0.4 is 4.74 Å². The summed E-state index contributed by atoms with van der Waals surface area (Å²) >= 11 is 0. The molecule has 9 heteroatoms. The van der Waals surface area contributed by atoms with Crippen LogP contribution in [0.5, 0.6) is 5.75 Å². The van der Waals surface area contributed by atoms with Gasteiger partial charge in [0.2, 0.25) is 5.89 Å². The van der Waals surface area contributed by atoms with Gasteiger partial charge in [-0.2, -0.15) is 4.98 Å². The Labute approximate surface area is 174 Å². The molecule has 2 saturated heterocycles. The van der Waals surface area contributed by atoms with Gasteiger partial charge in [0.1, 0.15) is 11.6 Å². The van der Waals surface area contributed by atoms with Crippen LogP contribution in [0, 0.1) is 11.7 Å². The van der Waals surface area contributed by atoms with E-state index in [2.05, 4.69) is 10.1 Å². The van der Waals surface area contributed by atoms with Gasteiger partial charge >= 0.3 is 0 Å². The Balaban J connectivity index is 1.13. The maximum atomic E-state index is 12.9. The Bertz CT molecular complexity index is 816. The number of benzene rings is 1. The minimum Gasteiger partial charge on any atom is -0.484 e. The van der Waals surface area contributed by atoms with E-state index in [0.29, 0.717) is 49.5 Å². The lowest BCUT2D eigenvalue weighted by molar-refractivity contribution is -0.138. The molecule has 1 aromatic carbocycles. The summed E-state index contributed by atoms with van der Waals surface area (Å²) < 4.78 is 34.7. The molecule has 0 atom stereocenters. The molecule has 0 spiro atoms. The number of halogens is 1. The van der Waals surface area contributed by atoms with Crippen LogP contribution in [-0.4, -0.2) is 67.1 Å². The quantitative estimate of drug-likeness (QED) is 0.576. The SMILES string of the molecule is O=C(COc1ccc(F)cc1)N1CC(c2nc(CCOCC3CCOCC3)no2)C1. The second-order valence-electron chi connectivity index (χ2n) is 7.67. The molecule has 30 heavy (non-hydrogen) atoms. The van der Waals surface area contributed by atoms with Crippen molar-refractivity contribution in [3.8, 4) is 5.75 Å². The molecule has 3 heterocycles. The van der Waals surface area contributed by atoms with Gasteiger partial charge in [-0.05, 0) is 43.0 Å². The number of carbonyl (C=O) groups is 1. The summed E-state index contributed by atoms with van der Waals surface area (Å²) in [4.78, 5) is 18.3. The van der Waals surface area contributed by atoms with E-state index in [1.165, 1.54) is 24.3 Å². The van der Waals surface area contributed by atoms with Gasteiger partial charge in [0.05, 0.1) is 12.5 Å². The lowest BCUT2D eigenvalue weighted by Gasteiger charge is -2.36. The van der Waals surface area contributed by atoms with Crippen LogP contribution in [0.25, 0.3) is 0 Å². The van der Waals surface area contributed by atoms with E-state index in [0.717, 1.165) is 32.7 Å². The number of hydrogen-bond donors (Lipinski definition) is 0. The summed E-state index contributed by atoms with van der Waals surface area (Å²) in [6.45, 7) is 3.90. The first-order chi connectivity index (χ1) is 14.7. The zero-order valence-corrected chi connectivity index (χ0v) is 16.8. The highest BCUT2D eigenvalue weighted by atomic mass is 19.1. The maximum Gasteiger partial charge on any atom is 0.260 e. The van der Waals surface area contributed by atoms with Gasteiger partial charge in [0.15, 0.2) is 12.4 Å². The summed E-state index contributed by atoms with van der Waals surface area (Å²) in [5.41, 5.74) is 0. The second-order valence-corrected chi connectivity index (χ2v) is 7.67. The van der Waals surface area contributed by atoms with E-state index in [9.17, 15) is 9.18 Å². The van der Waals surface area contributed by atoms with E-state index >= 15 is 0 Å². The molecule has 0 N–H and O–H groups in total. The van der Waals surface area contributed by atoms with Crippen molar-refractivity contribution in [1.29, 1.82) is 0 Å². The van der Waals surface area contributed by atoms with Gasteiger partial charge in [-0.1, -0.05) is 5.16 Å². The first-order valence-electron chi connectivity index (χ1n) is 10.3. The molecule has 0 bridgehead atoms. The van der Waals surface area contributed by atoms with Crippen molar-refractivity contribution in [2.45, 2.75) is 25.2 Å². The molecule has 1 aromatic heterocycles. The Morgan fingerprint density at radius 1 is 1.20 bits per heavy atom. The van der Waals surface area contributed by atoms with Crippen LogP contribution >= 0.6 is 0 Å². The van der Waals surface area contributed by atoms with Gasteiger partial charge in [0, 0.05) is 39.3 Å². The Morgan fingerprint density at radius 2 is 1.97 bits per heavy atom. The molecular formula is C21H26FN3O5. The van der Waals surface area contributed by atoms with Crippen molar-refractivity contribution in [2.75, 3.05) is 46.1 Å². The Hall–Kier alpha value is -2.52. The number of rotatable bonds is 9. The molecule has 0 aliphatic carbocycles. The summed E-state index contributed by atoms with van der Waals surface area (Å²) in [5.74, 6) is 1.79. The molecule has 4 rings (SSSR count). The molecule has 162 valence electrons. The summed E-state index contributed by atoms with van der Waals surface area (Å²) in [6, 6.07) is 5.58. The van der Waals surface area contributed by atoms with Crippen molar-refractivity contribution in [1.82, 2.24) is 15.0 Å². The van der Waals surface area contributed by atoms with Gasteiger partial charge < -0.3 is 23.6 Å². The van der Waals surface area contributed by atoms with Crippen LogP contribution in [0.3, 0.4) is 0 Å². The van der Waals surface area contributed by atoms with Crippen molar-refractivity contribution in [2.24, 2.45) is 5.92 Å². The minimum absolute atomic E-state index is 0.0455. The van der Waals surface area contributed by atoms with E-state index < -0.39 is 0 Å². The third-order valence-electron chi connectivity index (χ3n) is 5.41. The lowest BCUT2D eigenvalue weighted by atomic mass is 10.0. The van der Waals surface area contributed by atoms with Crippen LogP contribution in [0.15, 0.2) is 28.8 Å². The molecule has 2 aliphatic rings. The van der Waals surface area contributed by atoms with Gasteiger partial charge in [0.25, 0.3) is 5.91 Å². The fourth-order valence-corrected chi connectivity index (χ4v) is 3.47. The Morgan fingerprint density at radius 3 is 2.73 bits per heavy atom. The van der Waals surface area contributed by atoms with Gasteiger partial charge in [-0.15, -0.1) is 0 Å². The zero-order valence-electron chi connectivity index (χ0n) is 16.8. The third-order valence-corrected chi connectivity index (χ3v) is 5.41. The van der Waals surface area contributed by atoms with Gasteiger partial charge in [-0.3, -0.25) is 4.79 Å². The topological polar surface area (TPSA) is 86.9 Å². The number of aromatic nitrogens is 2. The number of amides is 1. The molecule has 2 aliphatic heterocycles. The number of carbonyl (C=O) groups excluding carboxylic acids is 1. The smallest absolute Gasteiger partial charge is 0.260 e. The number of likely N-dealkylation sites (tertiary alicyclic amines) is 1. The lowest BCUT2D eigenvalue weighted by Crippen LogP contribution is -2.50. The van der Waals surface area contributed by atoms with Crippen LogP contribution in [0.4, 0.5) is 4.39 Å². The maximum absolute atomic E-state index is 12.9. The van der Waals surface area contributed by atoms with Crippen LogP contribution in [0.1, 0.15) is 30.5 Å². The molecule has 0 unspecified atom stereocenters. The molecule has 1 amide bonds. The largest absolute Gasteiger partial charge is 0.484 e. The summed E-state index contributed by atoms with van der Waals surface area (Å²) in [5, 5.41) is 4.01. The number of hydrogen-bond acceptors (Lipinski definition) is 7. The normalized spacial score (nSPS) is 17.7. The van der Waals surface area contributed by atoms with Crippen molar-refractivity contribution < 1.29 is 27.9 Å².